The number of rotatable bonds is 7. The van der Waals surface area contributed by atoms with Gasteiger partial charge in [0, 0.05) is 25.4 Å². The van der Waals surface area contributed by atoms with E-state index in [1.807, 2.05) is 6.92 Å². The minimum absolute atomic E-state index is 0.0987. The quantitative estimate of drug-likeness (QED) is 0.673. The number of methoxy groups -OCH3 is 1. The van der Waals surface area contributed by atoms with Crippen molar-refractivity contribution in [1.29, 1.82) is 0 Å². The molecule has 0 radical (unpaired) electrons. The van der Waals surface area contributed by atoms with Gasteiger partial charge in [0.15, 0.2) is 0 Å². The number of hydrogen-bond acceptors (Lipinski definition) is 7. The molecule has 3 aromatic rings. The maximum atomic E-state index is 12.5. The molecule has 0 unspecified atom stereocenters. The number of nitrogens with one attached hydrogen (secondary N) is 1. The predicted molar refractivity (Wildman–Crippen MR) is 94.2 cm³/mol. The third kappa shape index (κ3) is 4.06. The molecule has 136 valence electrons. The summed E-state index contributed by atoms with van der Waals surface area (Å²) < 4.78 is 38.2. The molecule has 0 spiro atoms. The van der Waals surface area contributed by atoms with Gasteiger partial charge in [0.25, 0.3) is 0 Å². The average molecular weight is 374 g/mol. The van der Waals surface area contributed by atoms with Crippen molar-refractivity contribution in [2.24, 2.45) is 0 Å². The first-order valence-electron chi connectivity index (χ1n) is 7.86. The fourth-order valence-corrected chi connectivity index (χ4v) is 3.61. The van der Waals surface area contributed by atoms with Crippen LogP contribution < -0.4 is 9.46 Å². The smallest absolute Gasteiger partial charge is 0.249 e. The second-order valence-corrected chi connectivity index (χ2v) is 7.28. The number of sulfonamides is 1. The zero-order valence-corrected chi connectivity index (χ0v) is 15.2. The molecule has 0 aliphatic heterocycles. The van der Waals surface area contributed by atoms with Crippen LogP contribution in [0.2, 0.25) is 0 Å². The van der Waals surface area contributed by atoms with Gasteiger partial charge < -0.3 is 9.15 Å². The first kappa shape index (κ1) is 18.0. The van der Waals surface area contributed by atoms with E-state index in [4.69, 9.17) is 9.15 Å². The predicted octanol–water partition coefficient (Wildman–Crippen LogP) is 1.97. The third-order valence-electron chi connectivity index (χ3n) is 3.61. The summed E-state index contributed by atoms with van der Waals surface area (Å²) in [4.78, 5) is 4.09. The van der Waals surface area contributed by atoms with Crippen LogP contribution in [-0.2, 0) is 16.4 Å². The van der Waals surface area contributed by atoms with Crippen LogP contribution in [0.1, 0.15) is 11.5 Å². The first-order valence-corrected chi connectivity index (χ1v) is 9.35. The summed E-state index contributed by atoms with van der Waals surface area (Å²) in [6.07, 6.45) is 3.53. The summed E-state index contributed by atoms with van der Waals surface area (Å²) in [6.45, 7) is 1.94. The van der Waals surface area contributed by atoms with Gasteiger partial charge in [-0.25, -0.2) is 13.1 Å². The Morgan fingerprint density at radius 3 is 2.81 bits per heavy atom. The second kappa shape index (κ2) is 7.63. The highest BCUT2D eigenvalue weighted by molar-refractivity contribution is 7.89. The molecule has 1 aromatic carbocycles. The highest BCUT2D eigenvalue weighted by atomic mass is 32.2. The van der Waals surface area contributed by atoms with Gasteiger partial charge in [0.2, 0.25) is 21.8 Å². The van der Waals surface area contributed by atoms with Crippen molar-refractivity contribution in [2.45, 2.75) is 18.2 Å². The minimum Gasteiger partial charge on any atom is -0.495 e. The zero-order valence-electron chi connectivity index (χ0n) is 14.3. The van der Waals surface area contributed by atoms with E-state index in [-0.39, 0.29) is 17.9 Å². The van der Waals surface area contributed by atoms with Gasteiger partial charge >= 0.3 is 0 Å². The topological polar surface area (TPSA) is 107 Å². The van der Waals surface area contributed by atoms with Crippen LogP contribution in [0.15, 0.2) is 52.0 Å². The van der Waals surface area contributed by atoms with Crippen molar-refractivity contribution in [3.8, 4) is 17.2 Å². The van der Waals surface area contributed by atoms with Crippen LogP contribution >= 0.6 is 0 Å². The van der Waals surface area contributed by atoms with Crippen molar-refractivity contribution < 1.29 is 17.6 Å². The van der Waals surface area contributed by atoms with Crippen molar-refractivity contribution in [1.82, 2.24) is 19.9 Å². The van der Waals surface area contributed by atoms with Gasteiger partial charge in [0.05, 0.1) is 12.7 Å². The van der Waals surface area contributed by atoms with Gasteiger partial charge in [-0.3, -0.25) is 4.98 Å². The molecule has 2 aromatic heterocycles. The molecule has 0 saturated carbocycles. The van der Waals surface area contributed by atoms with Crippen LogP contribution in [0.3, 0.4) is 0 Å². The van der Waals surface area contributed by atoms with Crippen LogP contribution in [-0.4, -0.2) is 37.3 Å². The van der Waals surface area contributed by atoms with Crippen molar-refractivity contribution in [2.75, 3.05) is 13.7 Å². The first-order chi connectivity index (χ1) is 12.5. The fourth-order valence-electron chi connectivity index (χ4n) is 2.32. The molecule has 0 aliphatic rings. The van der Waals surface area contributed by atoms with Gasteiger partial charge in [0.1, 0.15) is 10.6 Å². The Morgan fingerprint density at radius 1 is 1.23 bits per heavy atom. The minimum atomic E-state index is -3.72. The number of nitrogens with zero attached hydrogens (tertiary/aromatic N) is 3. The van der Waals surface area contributed by atoms with E-state index in [0.29, 0.717) is 23.1 Å². The van der Waals surface area contributed by atoms with E-state index < -0.39 is 10.0 Å². The zero-order chi connectivity index (χ0) is 18.6. The summed E-state index contributed by atoms with van der Waals surface area (Å²) in [7, 11) is -2.28. The molecule has 9 heteroatoms. The summed E-state index contributed by atoms with van der Waals surface area (Å²) in [6, 6.07) is 8.55. The van der Waals surface area contributed by atoms with Crippen molar-refractivity contribution >= 4 is 10.0 Å². The molecular weight excluding hydrogens is 356 g/mol. The number of pyridine rings is 1. The number of aryl methyl sites for hydroxylation is 1. The van der Waals surface area contributed by atoms with Gasteiger partial charge in [-0.15, -0.1) is 10.2 Å². The molecule has 0 atom stereocenters. The molecular formula is C17H18N4O4S. The number of benzene rings is 1. The Kier molecular flexibility index (Phi) is 5.29. The summed E-state index contributed by atoms with van der Waals surface area (Å²) in [5, 5.41) is 7.87. The molecule has 0 saturated heterocycles. The van der Waals surface area contributed by atoms with Crippen molar-refractivity contribution in [3.63, 3.8) is 0 Å². The lowest BCUT2D eigenvalue weighted by Gasteiger charge is -2.11. The van der Waals surface area contributed by atoms with Crippen LogP contribution in [0, 0.1) is 6.92 Å². The maximum absolute atomic E-state index is 12.5. The standard InChI is InChI=1S/C17H18N4O4S/c1-12-5-6-14(24-2)15(10-12)26(22,23)19-9-7-16-20-21-17(25-16)13-4-3-8-18-11-13/h3-6,8,10-11,19H,7,9H2,1-2H3. The monoisotopic (exact) mass is 374 g/mol. The van der Waals surface area contributed by atoms with E-state index in [2.05, 4.69) is 19.9 Å². The molecule has 1 N–H and O–H groups in total. The molecule has 0 fully saturated rings. The van der Waals surface area contributed by atoms with Gasteiger partial charge in [-0.2, -0.15) is 0 Å². The number of aromatic nitrogens is 3. The lowest BCUT2D eigenvalue weighted by molar-refractivity contribution is 0.402. The van der Waals surface area contributed by atoms with E-state index in [1.54, 1.807) is 42.7 Å². The summed E-state index contributed by atoms with van der Waals surface area (Å²) >= 11 is 0. The Labute approximate surface area is 151 Å². The maximum Gasteiger partial charge on any atom is 0.249 e. The SMILES string of the molecule is COc1ccc(C)cc1S(=O)(=O)NCCc1nnc(-c2cccnc2)o1. The van der Waals surface area contributed by atoms with E-state index >= 15 is 0 Å². The Hall–Kier alpha value is -2.78. The lowest BCUT2D eigenvalue weighted by atomic mass is 10.2. The van der Waals surface area contributed by atoms with Crippen LogP contribution in [0.25, 0.3) is 11.5 Å². The van der Waals surface area contributed by atoms with E-state index in [9.17, 15) is 8.42 Å². The van der Waals surface area contributed by atoms with Gasteiger partial charge in [-0.1, -0.05) is 6.07 Å². The molecule has 26 heavy (non-hydrogen) atoms. The average Bonchev–Trinajstić information content (AvgIpc) is 3.11. The number of ether oxygens (including phenoxy) is 1. The highest BCUT2D eigenvalue weighted by Gasteiger charge is 2.19. The van der Waals surface area contributed by atoms with Crippen LogP contribution in [0.5, 0.6) is 5.75 Å². The highest BCUT2D eigenvalue weighted by Crippen LogP contribution is 2.24. The lowest BCUT2D eigenvalue weighted by Crippen LogP contribution is -2.26. The number of hydrogen-bond donors (Lipinski definition) is 1. The third-order valence-corrected chi connectivity index (χ3v) is 5.10. The molecule has 3 rings (SSSR count). The molecule has 8 nitrogen and oxygen atoms in total. The second-order valence-electron chi connectivity index (χ2n) is 5.54. The van der Waals surface area contributed by atoms with Gasteiger partial charge in [-0.05, 0) is 36.8 Å². The van der Waals surface area contributed by atoms with E-state index in [0.717, 1.165) is 5.56 Å². The fraction of sp³-hybridized carbons (Fsp3) is 0.235. The Balaban J connectivity index is 1.66. The molecule has 0 amide bonds. The van der Waals surface area contributed by atoms with Crippen LogP contribution in [0.4, 0.5) is 0 Å². The normalized spacial score (nSPS) is 11.5. The van der Waals surface area contributed by atoms with E-state index in [1.165, 1.54) is 7.11 Å². The molecule has 2 heterocycles. The summed E-state index contributed by atoms with van der Waals surface area (Å²) in [5.41, 5.74) is 1.53. The van der Waals surface area contributed by atoms with Crippen molar-refractivity contribution in [3.05, 3.63) is 54.2 Å². The largest absolute Gasteiger partial charge is 0.495 e. The summed E-state index contributed by atoms with van der Waals surface area (Å²) in [5.74, 6) is 0.971. The molecule has 0 bridgehead atoms. The Bertz CT molecular complexity index is 987. The Morgan fingerprint density at radius 2 is 2.08 bits per heavy atom. The molecule has 0 aliphatic carbocycles.